The third-order valence-electron chi connectivity index (χ3n) is 2.49. The van der Waals surface area contributed by atoms with E-state index in [0.29, 0.717) is 5.69 Å². The summed E-state index contributed by atoms with van der Waals surface area (Å²) < 4.78 is 0. The second-order valence-corrected chi connectivity index (χ2v) is 4.75. The molecule has 1 heterocycles. The Morgan fingerprint density at radius 1 is 1.33 bits per heavy atom. The standard InChI is InChI=1S/C12H7Cl2N3O4/c13-6-3-10(17(20)21)11(15-5-6)16-7-1-2-8(12(18)19)9(14)4-7/h1-5H,(H,15,16)(H,18,19). The largest absolute Gasteiger partial charge is 0.478 e. The second-order valence-electron chi connectivity index (χ2n) is 3.90. The SMILES string of the molecule is O=C(O)c1ccc(Nc2ncc(Cl)cc2[N+](=O)[O-])cc1Cl. The number of pyridine rings is 1. The van der Waals surface area contributed by atoms with Crippen molar-refractivity contribution in [3.63, 3.8) is 0 Å². The lowest BCUT2D eigenvalue weighted by Gasteiger charge is -2.07. The fourth-order valence-corrected chi connectivity index (χ4v) is 1.98. The van der Waals surface area contributed by atoms with E-state index in [-0.39, 0.29) is 27.1 Å². The summed E-state index contributed by atoms with van der Waals surface area (Å²) in [5.41, 5.74) is -0.00959. The molecule has 9 heteroatoms. The number of nitro groups is 1. The van der Waals surface area contributed by atoms with E-state index in [1.165, 1.54) is 24.4 Å². The lowest BCUT2D eigenvalue weighted by Crippen LogP contribution is -2.01. The van der Waals surface area contributed by atoms with Crippen molar-refractivity contribution in [1.29, 1.82) is 0 Å². The van der Waals surface area contributed by atoms with Gasteiger partial charge in [0.25, 0.3) is 0 Å². The molecule has 2 N–H and O–H groups in total. The Bertz CT molecular complexity index is 736. The summed E-state index contributed by atoms with van der Waals surface area (Å²) in [6, 6.07) is 5.21. The van der Waals surface area contributed by atoms with E-state index >= 15 is 0 Å². The van der Waals surface area contributed by atoms with Crippen LogP contribution in [0.5, 0.6) is 0 Å². The van der Waals surface area contributed by atoms with Crippen molar-refractivity contribution < 1.29 is 14.8 Å². The number of rotatable bonds is 4. The van der Waals surface area contributed by atoms with Crippen molar-refractivity contribution in [2.45, 2.75) is 0 Å². The lowest BCUT2D eigenvalue weighted by atomic mass is 10.2. The molecule has 0 bridgehead atoms. The number of halogens is 2. The maximum Gasteiger partial charge on any atom is 0.337 e. The van der Waals surface area contributed by atoms with Crippen LogP contribution in [-0.2, 0) is 0 Å². The summed E-state index contributed by atoms with van der Waals surface area (Å²) in [6.45, 7) is 0. The molecule has 7 nitrogen and oxygen atoms in total. The summed E-state index contributed by atoms with van der Waals surface area (Å²) in [5, 5.41) is 22.6. The first-order valence-electron chi connectivity index (χ1n) is 5.48. The monoisotopic (exact) mass is 327 g/mol. The predicted molar refractivity (Wildman–Crippen MR) is 77.6 cm³/mol. The molecule has 0 atom stereocenters. The molecule has 0 spiro atoms. The minimum Gasteiger partial charge on any atom is -0.478 e. The third kappa shape index (κ3) is 3.39. The van der Waals surface area contributed by atoms with Gasteiger partial charge in [0.05, 0.1) is 20.5 Å². The van der Waals surface area contributed by atoms with Crippen LogP contribution in [0.3, 0.4) is 0 Å². The molecular weight excluding hydrogens is 321 g/mol. The molecule has 0 unspecified atom stereocenters. The van der Waals surface area contributed by atoms with Crippen LogP contribution >= 0.6 is 23.2 Å². The van der Waals surface area contributed by atoms with Crippen LogP contribution in [0.2, 0.25) is 10.0 Å². The van der Waals surface area contributed by atoms with Crippen molar-refractivity contribution in [3.8, 4) is 0 Å². The second kappa shape index (κ2) is 5.94. The number of nitrogens with zero attached hydrogens (tertiary/aromatic N) is 2. The van der Waals surface area contributed by atoms with Gasteiger partial charge in [-0.25, -0.2) is 9.78 Å². The topological polar surface area (TPSA) is 105 Å². The highest BCUT2D eigenvalue weighted by Gasteiger charge is 2.17. The molecule has 1 aromatic heterocycles. The smallest absolute Gasteiger partial charge is 0.337 e. The molecule has 2 aromatic rings. The van der Waals surface area contributed by atoms with Crippen LogP contribution in [0.1, 0.15) is 10.4 Å². The van der Waals surface area contributed by atoms with Crippen molar-refractivity contribution in [1.82, 2.24) is 4.98 Å². The van der Waals surface area contributed by atoms with Crippen LogP contribution in [0.4, 0.5) is 17.2 Å². The Kier molecular flexibility index (Phi) is 4.25. The van der Waals surface area contributed by atoms with Gasteiger partial charge in [-0.15, -0.1) is 0 Å². The highest BCUT2D eigenvalue weighted by Crippen LogP contribution is 2.29. The Hall–Kier alpha value is -2.38. The summed E-state index contributed by atoms with van der Waals surface area (Å²) in [6.07, 6.45) is 1.25. The fraction of sp³-hybridized carbons (Fsp3) is 0. The molecule has 2 rings (SSSR count). The summed E-state index contributed by atoms with van der Waals surface area (Å²) in [5.74, 6) is -1.19. The highest BCUT2D eigenvalue weighted by molar-refractivity contribution is 6.33. The average molecular weight is 328 g/mol. The van der Waals surface area contributed by atoms with Gasteiger partial charge in [0.2, 0.25) is 5.82 Å². The summed E-state index contributed by atoms with van der Waals surface area (Å²) in [4.78, 5) is 25.0. The maximum absolute atomic E-state index is 10.9. The molecular formula is C12H7Cl2N3O4. The molecule has 0 aliphatic rings. The third-order valence-corrected chi connectivity index (χ3v) is 3.01. The minimum atomic E-state index is -1.16. The normalized spacial score (nSPS) is 10.2. The van der Waals surface area contributed by atoms with Gasteiger partial charge in [0.1, 0.15) is 0 Å². The molecule has 0 radical (unpaired) electrons. The van der Waals surface area contributed by atoms with Crippen molar-refractivity contribution in [2.75, 3.05) is 5.32 Å². The van der Waals surface area contributed by atoms with Gasteiger partial charge in [-0.3, -0.25) is 10.1 Å². The number of carbonyl (C=O) groups is 1. The molecule has 0 amide bonds. The van der Waals surface area contributed by atoms with Crippen LogP contribution in [0.25, 0.3) is 0 Å². The molecule has 0 saturated carbocycles. The summed E-state index contributed by atoms with van der Waals surface area (Å²) in [7, 11) is 0. The Morgan fingerprint density at radius 3 is 2.62 bits per heavy atom. The van der Waals surface area contributed by atoms with Crippen LogP contribution in [-0.4, -0.2) is 21.0 Å². The maximum atomic E-state index is 10.9. The number of aromatic carboxylic acids is 1. The zero-order chi connectivity index (χ0) is 15.6. The van der Waals surface area contributed by atoms with E-state index < -0.39 is 10.9 Å². The number of aromatic nitrogens is 1. The van der Waals surface area contributed by atoms with E-state index in [4.69, 9.17) is 28.3 Å². The number of hydrogen-bond donors (Lipinski definition) is 2. The first kappa shape index (κ1) is 15.0. The Morgan fingerprint density at radius 2 is 2.05 bits per heavy atom. The molecule has 1 aromatic carbocycles. The number of benzene rings is 1. The molecule has 0 aliphatic heterocycles. The average Bonchev–Trinajstić information content (AvgIpc) is 2.40. The van der Waals surface area contributed by atoms with Gasteiger partial charge in [-0.1, -0.05) is 23.2 Å². The van der Waals surface area contributed by atoms with Gasteiger partial charge >= 0.3 is 11.7 Å². The molecule has 0 fully saturated rings. The van der Waals surface area contributed by atoms with E-state index in [0.717, 1.165) is 6.07 Å². The van der Waals surface area contributed by atoms with Gasteiger partial charge in [0, 0.05) is 18.0 Å². The first-order chi connectivity index (χ1) is 9.88. The van der Waals surface area contributed by atoms with Crippen LogP contribution < -0.4 is 5.32 Å². The van der Waals surface area contributed by atoms with E-state index in [2.05, 4.69) is 10.3 Å². The zero-order valence-corrected chi connectivity index (χ0v) is 11.7. The fourth-order valence-electron chi connectivity index (χ4n) is 1.57. The quantitative estimate of drug-likeness (QED) is 0.654. The lowest BCUT2D eigenvalue weighted by molar-refractivity contribution is -0.384. The van der Waals surface area contributed by atoms with Crippen LogP contribution in [0.15, 0.2) is 30.5 Å². The van der Waals surface area contributed by atoms with E-state index in [1.54, 1.807) is 0 Å². The Balaban J connectivity index is 2.37. The summed E-state index contributed by atoms with van der Waals surface area (Å²) >= 11 is 11.5. The molecule has 0 aliphatic carbocycles. The van der Waals surface area contributed by atoms with Crippen molar-refractivity contribution >= 4 is 46.4 Å². The van der Waals surface area contributed by atoms with E-state index in [1.807, 2.05) is 0 Å². The number of carboxylic acids is 1. The molecule has 108 valence electrons. The minimum absolute atomic E-state index is 0.00381. The zero-order valence-electron chi connectivity index (χ0n) is 10.2. The highest BCUT2D eigenvalue weighted by atomic mass is 35.5. The van der Waals surface area contributed by atoms with Crippen molar-refractivity contribution in [2.24, 2.45) is 0 Å². The predicted octanol–water partition coefficient (Wildman–Crippen LogP) is 3.74. The van der Waals surface area contributed by atoms with Crippen LogP contribution in [0, 0.1) is 10.1 Å². The molecule has 21 heavy (non-hydrogen) atoms. The number of hydrogen-bond acceptors (Lipinski definition) is 5. The van der Waals surface area contributed by atoms with Gasteiger partial charge in [-0.2, -0.15) is 0 Å². The van der Waals surface area contributed by atoms with Gasteiger partial charge in [0.15, 0.2) is 0 Å². The number of carboxylic acid groups (broad SMARTS) is 1. The number of nitrogens with one attached hydrogen (secondary N) is 1. The van der Waals surface area contributed by atoms with Crippen molar-refractivity contribution in [3.05, 3.63) is 56.2 Å². The number of anilines is 2. The van der Waals surface area contributed by atoms with Gasteiger partial charge < -0.3 is 10.4 Å². The van der Waals surface area contributed by atoms with E-state index in [9.17, 15) is 14.9 Å². The van der Waals surface area contributed by atoms with Gasteiger partial charge in [-0.05, 0) is 18.2 Å². The first-order valence-corrected chi connectivity index (χ1v) is 6.24. The Labute approximate surface area is 128 Å². The molecule has 0 saturated heterocycles.